The predicted molar refractivity (Wildman–Crippen MR) is 147 cm³/mol. The van der Waals surface area contributed by atoms with Gasteiger partial charge in [0.05, 0.1) is 27.6 Å². The molecule has 202 valence electrons. The summed E-state index contributed by atoms with van der Waals surface area (Å²) in [4.78, 5) is 36.7. The third-order valence-corrected chi connectivity index (χ3v) is 6.49. The molecule has 0 saturated heterocycles. The fourth-order valence-electron chi connectivity index (χ4n) is 4.81. The maximum atomic E-state index is 13.2. The Morgan fingerprint density at radius 1 is 1.02 bits per heavy atom. The molecule has 0 bridgehead atoms. The van der Waals surface area contributed by atoms with Gasteiger partial charge in [-0.05, 0) is 29.3 Å². The Balaban J connectivity index is 0.000000680. The van der Waals surface area contributed by atoms with Crippen LogP contribution in [0, 0.1) is 0 Å². The van der Waals surface area contributed by atoms with E-state index >= 15 is 0 Å². The molecule has 1 aliphatic rings. The van der Waals surface area contributed by atoms with Crippen LogP contribution in [-0.4, -0.2) is 47.5 Å². The second-order valence-electron chi connectivity index (χ2n) is 9.30. The molecule has 3 aromatic heterocycles. The third kappa shape index (κ3) is 4.56. The van der Waals surface area contributed by atoms with Crippen LogP contribution in [0.2, 0.25) is 0 Å². The number of aromatic nitrogens is 5. The van der Waals surface area contributed by atoms with Crippen molar-refractivity contribution in [2.45, 2.75) is 20.0 Å². The number of hydrogen-bond donors (Lipinski definition) is 5. The molecule has 0 spiro atoms. The molecule has 0 saturated carbocycles. The fraction of sp³-hybridized carbons (Fsp3) is 0.143. The Labute approximate surface area is 225 Å². The van der Waals surface area contributed by atoms with Crippen LogP contribution < -0.4 is 20.8 Å². The molecule has 0 fully saturated rings. The predicted octanol–water partition coefficient (Wildman–Crippen LogP) is 3.45. The van der Waals surface area contributed by atoms with Crippen molar-refractivity contribution in [3.63, 3.8) is 0 Å². The fourth-order valence-corrected chi connectivity index (χ4v) is 4.81. The number of H-pyrrole nitrogens is 2. The number of carboxylic acid groups (broad SMARTS) is 1. The van der Waals surface area contributed by atoms with Gasteiger partial charge in [-0.25, -0.2) is 4.98 Å². The number of benzene rings is 3. The number of fused-ring (bicyclic) bond motifs is 4. The van der Waals surface area contributed by atoms with E-state index in [1.807, 2.05) is 36.5 Å². The van der Waals surface area contributed by atoms with Crippen LogP contribution in [0.1, 0.15) is 18.1 Å². The number of aromatic hydroxyl groups is 1. The SMILES string of the molecule is CC(=O)O.NCc1cccc(Cn2cc(-c3nc4cc5[nH]c(O)nc5cc4[nH]c3=O)c3cc4c(cc32)OCO4)c1. The average molecular weight is 541 g/mol. The number of nitrogens with two attached hydrogens (primary N) is 1. The van der Waals surface area contributed by atoms with Gasteiger partial charge in [0.25, 0.3) is 17.5 Å². The average Bonchev–Trinajstić information content (AvgIpc) is 3.61. The Morgan fingerprint density at radius 2 is 1.70 bits per heavy atom. The van der Waals surface area contributed by atoms with Crippen molar-refractivity contribution in [1.82, 2.24) is 24.5 Å². The summed E-state index contributed by atoms with van der Waals surface area (Å²) in [6.45, 7) is 2.27. The second-order valence-corrected chi connectivity index (χ2v) is 9.30. The van der Waals surface area contributed by atoms with E-state index in [9.17, 15) is 9.90 Å². The van der Waals surface area contributed by atoms with Crippen molar-refractivity contribution >= 4 is 38.9 Å². The zero-order valence-electron chi connectivity index (χ0n) is 21.3. The largest absolute Gasteiger partial charge is 0.481 e. The summed E-state index contributed by atoms with van der Waals surface area (Å²) in [5.74, 6) is 0.449. The first kappa shape index (κ1) is 24.9. The van der Waals surface area contributed by atoms with Crippen LogP contribution >= 0.6 is 0 Å². The Morgan fingerprint density at radius 3 is 2.45 bits per heavy atom. The van der Waals surface area contributed by atoms with Crippen molar-refractivity contribution in [1.29, 1.82) is 0 Å². The van der Waals surface area contributed by atoms with Crippen LogP contribution in [-0.2, 0) is 17.9 Å². The van der Waals surface area contributed by atoms with Crippen molar-refractivity contribution in [2.75, 3.05) is 6.79 Å². The number of aliphatic carboxylic acids is 1. The molecule has 4 heterocycles. The smallest absolute Gasteiger partial charge is 0.300 e. The summed E-state index contributed by atoms with van der Waals surface area (Å²) in [6, 6.07) is 15.2. The van der Waals surface area contributed by atoms with Gasteiger partial charge < -0.3 is 40.0 Å². The van der Waals surface area contributed by atoms with Gasteiger partial charge in [0.2, 0.25) is 6.79 Å². The number of aromatic amines is 2. The van der Waals surface area contributed by atoms with Crippen molar-refractivity contribution in [3.05, 3.63) is 76.2 Å². The molecule has 0 radical (unpaired) electrons. The first-order chi connectivity index (χ1) is 19.3. The topological polar surface area (TPSA) is 181 Å². The van der Waals surface area contributed by atoms with Gasteiger partial charge in [-0.1, -0.05) is 24.3 Å². The number of rotatable bonds is 4. The van der Waals surface area contributed by atoms with E-state index in [1.165, 1.54) is 0 Å². The first-order valence-electron chi connectivity index (χ1n) is 12.3. The summed E-state index contributed by atoms with van der Waals surface area (Å²) >= 11 is 0. The highest BCUT2D eigenvalue weighted by molar-refractivity contribution is 5.99. The summed E-state index contributed by atoms with van der Waals surface area (Å²) in [5, 5.41) is 18.0. The lowest BCUT2D eigenvalue weighted by molar-refractivity contribution is -0.134. The van der Waals surface area contributed by atoms with Crippen molar-refractivity contribution in [2.24, 2.45) is 5.73 Å². The quantitative estimate of drug-likeness (QED) is 0.224. The van der Waals surface area contributed by atoms with E-state index in [2.05, 4.69) is 25.6 Å². The highest BCUT2D eigenvalue weighted by Gasteiger charge is 2.22. The van der Waals surface area contributed by atoms with E-state index in [1.54, 1.807) is 12.1 Å². The standard InChI is InChI=1S/C26H20N6O4.C2H4O2/c27-9-13-2-1-3-14(4-13)10-32-11-16(15-5-22-23(8-21(15)32)36-12-35-22)24-25(33)29-18-7-20-19(6-17(18)28-24)30-26(34)31-20;1-2(3)4/h1-8,11H,9-10,12,27H2,(H,29,33)(H2,30,31,34);1H3,(H,3,4). The lowest BCUT2D eigenvalue weighted by Gasteiger charge is -2.08. The van der Waals surface area contributed by atoms with Crippen LogP contribution in [0.25, 0.3) is 44.2 Å². The highest BCUT2D eigenvalue weighted by atomic mass is 16.7. The van der Waals surface area contributed by atoms with Crippen molar-refractivity contribution in [3.8, 4) is 28.8 Å². The summed E-state index contributed by atoms with van der Waals surface area (Å²) in [5.41, 5.74) is 11.7. The van der Waals surface area contributed by atoms with Crippen molar-refractivity contribution < 1.29 is 24.5 Å². The monoisotopic (exact) mass is 540 g/mol. The molecule has 12 heteroatoms. The molecule has 12 nitrogen and oxygen atoms in total. The Hall–Kier alpha value is -5.36. The summed E-state index contributed by atoms with van der Waals surface area (Å²) in [7, 11) is 0. The number of imidazole rings is 1. The van der Waals surface area contributed by atoms with E-state index in [0.717, 1.165) is 29.0 Å². The molecule has 6 N–H and O–H groups in total. The number of ether oxygens (including phenoxy) is 2. The maximum Gasteiger partial charge on any atom is 0.300 e. The number of hydrogen-bond acceptors (Lipinski definition) is 8. The molecule has 7 rings (SSSR count). The van der Waals surface area contributed by atoms with Gasteiger partial charge in [-0.2, -0.15) is 4.98 Å². The number of carbonyl (C=O) groups is 1. The van der Waals surface area contributed by atoms with Crippen LogP contribution in [0.5, 0.6) is 17.5 Å². The Kier molecular flexibility index (Phi) is 6.08. The molecule has 0 unspecified atom stereocenters. The summed E-state index contributed by atoms with van der Waals surface area (Å²) < 4.78 is 13.3. The Bertz CT molecular complexity index is 1990. The lowest BCUT2D eigenvalue weighted by atomic mass is 10.1. The summed E-state index contributed by atoms with van der Waals surface area (Å²) in [6.07, 6.45) is 1.93. The van der Waals surface area contributed by atoms with Crippen LogP contribution in [0.4, 0.5) is 0 Å². The molecule has 0 aliphatic carbocycles. The molecule has 1 aliphatic heterocycles. The molecular formula is C28H24N6O6. The van der Waals surface area contributed by atoms with Gasteiger partial charge in [-0.3, -0.25) is 9.59 Å². The van der Waals surface area contributed by atoms with Crippen LogP contribution in [0.3, 0.4) is 0 Å². The lowest BCUT2D eigenvalue weighted by Crippen LogP contribution is -2.11. The molecule has 3 aromatic carbocycles. The molecule has 0 amide bonds. The van der Waals surface area contributed by atoms with E-state index in [-0.39, 0.29) is 24.1 Å². The zero-order valence-corrected chi connectivity index (χ0v) is 21.3. The minimum absolute atomic E-state index is 0.150. The molecule has 0 atom stereocenters. The van der Waals surface area contributed by atoms with Gasteiger partial charge in [0.15, 0.2) is 11.5 Å². The minimum atomic E-state index is -0.833. The van der Waals surface area contributed by atoms with Gasteiger partial charge in [0, 0.05) is 43.2 Å². The molecule has 40 heavy (non-hydrogen) atoms. The number of carboxylic acids is 1. The van der Waals surface area contributed by atoms with Gasteiger partial charge in [-0.15, -0.1) is 0 Å². The number of nitrogens with zero attached hydrogens (tertiary/aromatic N) is 3. The number of nitrogens with one attached hydrogen (secondary N) is 2. The van der Waals surface area contributed by atoms with E-state index < -0.39 is 5.97 Å². The minimum Gasteiger partial charge on any atom is -0.481 e. The molecule has 6 aromatic rings. The van der Waals surface area contributed by atoms with Gasteiger partial charge >= 0.3 is 0 Å². The molecular weight excluding hydrogens is 516 g/mol. The first-order valence-corrected chi connectivity index (χ1v) is 12.3. The maximum absolute atomic E-state index is 13.2. The van der Waals surface area contributed by atoms with Crippen LogP contribution in [0.15, 0.2) is 59.5 Å². The zero-order chi connectivity index (χ0) is 28.0. The van der Waals surface area contributed by atoms with E-state index in [0.29, 0.717) is 52.2 Å². The normalized spacial score (nSPS) is 12.2. The van der Waals surface area contributed by atoms with Gasteiger partial charge in [0.1, 0.15) is 5.69 Å². The van der Waals surface area contributed by atoms with E-state index in [4.69, 9.17) is 30.1 Å². The second kappa shape index (κ2) is 9.75. The highest BCUT2D eigenvalue weighted by Crippen LogP contribution is 2.40. The third-order valence-electron chi connectivity index (χ3n) is 6.49.